The third-order valence-corrected chi connectivity index (χ3v) is 3.34. The third-order valence-electron chi connectivity index (χ3n) is 2.58. The topological polar surface area (TPSA) is 67.1 Å². The molecule has 2 heterocycles. The van der Waals surface area contributed by atoms with Gasteiger partial charge < -0.3 is 14.7 Å². The normalized spacial score (nSPS) is 11.0. The van der Waals surface area contributed by atoms with Crippen molar-refractivity contribution in [2.24, 2.45) is 0 Å². The summed E-state index contributed by atoms with van der Waals surface area (Å²) in [5, 5.41) is 11.1. The van der Waals surface area contributed by atoms with Gasteiger partial charge in [-0.1, -0.05) is 0 Å². The summed E-state index contributed by atoms with van der Waals surface area (Å²) in [6.45, 7) is 3.74. The maximum atomic E-state index is 11.3. The number of carboxylic acid groups (broad SMARTS) is 1. The number of aromatic nitrogens is 2. The second-order valence-electron chi connectivity index (χ2n) is 3.76. The van der Waals surface area contributed by atoms with Gasteiger partial charge in [0.15, 0.2) is 16.5 Å². The SMILES string of the molecule is CCOCCN(C)c1nc2sccn2c1C(=O)O. The Kier molecular flexibility index (Phi) is 3.83. The standard InChI is InChI=1S/C11H15N3O3S/c1-3-17-6-4-13(2)9-8(10(15)16)14-5-7-18-11(14)12-9/h5,7H,3-4,6H2,1-2H3,(H,15,16). The van der Waals surface area contributed by atoms with Crippen molar-refractivity contribution in [3.05, 3.63) is 17.3 Å². The largest absolute Gasteiger partial charge is 0.476 e. The van der Waals surface area contributed by atoms with Crippen LogP contribution in [0.4, 0.5) is 5.82 Å². The molecule has 0 saturated heterocycles. The molecule has 2 rings (SSSR count). The molecule has 0 radical (unpaired) electrons. The number of imidazole rings is 1. The number of hydrogen-bond acceptors (Lipinski definition) is 5. The molecule has 0 aromatic carbocycles. The van der Waals surface area contributed by atoms with Crippen LogP contribution < -0.4 is 4.90 Å². The van der Waals surface area contributed by atoms with Crippen LogP contribution in [0, 0.1) is 0 Å². The summed E-state index contributed by atoms with van der Waals surface area (Å²) in [5.41, 5.74) is 0.199. The molecule has 0 amide bonds. The molecule has 18 heavy (non-hydrogen) atoms. The zero-order chi connectivity index (χ0) is 13.1. The first-order valence-electron chi connectivity index (χ1n) is 5.63. The lowest BCUT2D eigenvalue weighted by Crippen LogP contribution is -2.25. The number of ether oxygens (including phenoxy) is 1. The van der Waals surface area contributed by atoms with Gasteiger partial charge in [-0.25, -0.2) is 9.78 Å². The number of nitrogens with zero attached hydrogens (tertiary/aromatic N) is 3. The molecule has 0 aliphatic rings. The number of carbonyl (C=O) groups is 1. The van der Waals surface area contributed by atoms with Gasteiger partial charge in [-0.15, -0.1) is 11.3 Å². The molecule has 1 N–H and O–H groups in total. The highest BCUT2D eigenvalue weighted by Crippen LogP contribution is 2.23. The fraction of sp³-hybridized carbons (Fsp3) is 0.455. The molecule has 6 nitrogen and oxygen atoms in total. The first-order valence-corrected chi connectivity index (χ1v) is 6.50. The van der Waals surface area contributed by atoms with Crippen molar-refractivity contribution in [1.29, 1.82) is 0 Å². The highest BCUT2D eigenvalue weighted by Gasteiger charge is 2.21. The lowest BCUT2D eigenvalue weighted by Gasteiger charge is -2.16. The van der Waals surface area contributed by atoms with Gasteiger partial charge >= 0.3 is 5.97 Å². The van der Waals surface area contributed by atoms with Crippen LogP contribution in [0.3, 0.4) is 0 Å². The Balaban J connectivity index is 2.28. The first kappa shape index (κ1) is 12.8. The molecule has 7 heteroatoms. The zero-order valence-corrected chi connectivity index (χ0v) is 11.1. The van der Waals surface area contributed by atoms with E-state index in [1.807, 2.05) is 19.4 Å². The Morgan fingerprint density at radius 3 is 3.11 bits per heavy atom. The van der Waals surface area contributed by atoms with Crippen molar-refractivity contribution >= 4 is 28.1 Å². The van der Waals surface area contributed by atoms with E-state index in [1.165, 1.54) is 11.3 Å². The van der Waals surface area contributed by atoms with Crippen LogP contribution in [-0.2, 0) is 4.74 Å². The lowest BCUT2D eigenvalue weighted by atomic mass is 10.4. The molecule has 0 unspecified atom stereocenters. The average Bonchev–Trinajstić information content (AvgIpc) is 2.87. The molecule has 0 saturated carbocycles. The summed E-state index contributed by atoms with van der Waals surface area (Å²) in [5.74, 6) is -0.492. The van der Waals surface area contributed by atoms with Crippen LogP contribution in [0.2, 0.25) is 0 Å². The number of thiazole rings is 1. The molecule has 0 spiro atoms. The number of aromatic carboxylic acids is 1. The van der Waals surface area contributed by atoms with Gasteiger partial charge in [0.2, 0.25) is 0 Å². The molecule has 98 valence electrons. The lowest BCUT2D eigenvalue weighted by molar-refractivity contribution is 0.0690. The Bertz CT molecular complexity index is 549. The second kappa shape index (κ2) is 5.36. The van der Waals surface area contributed by atoms with Gasteiger partial charge in [-0.3, -0.25) is 4.40 Å². The summed E-state index contributed by atoms with van der Waals surface area (Å²) in [6.07, 6.45) is 1.72. The number of likely N-dealkylation sites (N-methyl/N-ethyl adjacent to an activating group) is 1. The van der Waals surface area contributed by atoms with Gasteiger partial charge in [0, 0.05) is 31.8 Å². The number of hydrogen-bond donors (Lipinski definition) is 1. The Hall–Kier alpha value is -1.60. The number of fused-ring (bicyclic) bond motifs is 1. The van der Waals surface area contributed by atoms with Gasteiger partial charge in [-0.05, 0) is 6.92 Å². The van der Waals surface area contributed by atoms with Gasteiger partial charge in [0.25, 0.3) is 0 Å². The van der Waals surface area contributed by atoms with Crippen LogP contribution >= 0.6 is 11.3 Å². The van der Waals surface area contributed by atoms with E-state index >= 15 is 0 Å². The summed E-state index contributed by atoms with van der Waals surface area (Å²) in [7, 11) is 1.82. The van der Waals surface area contributed by atoms with E-state index in [4.69, 9.17) is 4.74 Å². The van der Waals surface area contributed by atoms with E-state index in [2.05, 4.69) is 4.98 Å². The molecule has 0 aliphatic heterocycles. The maximum Gasteiger partial charge on any atom is 0.356 e. The van der Waals surface area contributed by atoms with Crippen molar-refractivity contribution in [2.75, 3.05) is 31.7 Å². The Morgan fingerprint density at radius 2 is 2.44 bits per heavy atom. The minimum atomic E-state index is -0.973. The van der Waals surface area contributed by atoms with Gasteiger partial charge in [0.05, 0.1) is 6.61 Å². The fourth-order valence-electron chi connectivity index (χ4n) is 1.69. The smallest absolute Gasteiger partial charge is 0.356 e. The molecule has 2 aromatic heterocycles. The van der Waals surface area contributed by atoms with Crippen LogP contribution in [0.25, 0.3) is 4.96 Å². The van der Waals surface area contributed by atoms with Gasteiger partial charge in [-0.2, -0.15) is 0 Å². The first-order chi connectivity index (χ1) is 8.65. The number of anilines is 1. The average molecular weight is 269 g/mol. The van der Waals surface area contributed by atoms with E-state index < -0.39 is 5.97 Å². The van der Waals surface area contributed by atoms with E-state index in [1.54, 1.807) is 15.5 Å². The highest BCUT2D eigenvalue weighted by atomic mass is 32.1. The molecule has 0 aliphatic carbocycles. The van der Waals surface area contributed by atoms with E-state index in [0.717, 1.165) is 0 Å². The zero-order valence-electron chi connectivity index (χ0n) is 10.3. The molecular formula is C11H15N3O3S. The highest BCUT2D eigenvalue weighted by molar-refractivity contribution is 7.15. The fourth-order valence-corrected chi connectivity index (χ4v) is 2.40. The predicted molar refractivity (Wildman–Crippen MR) is 69.8 cm³/mol. The minimum absolute atomic E-state index is 0.199. The predicted octanol–water partition coefficient (Wildman–Crippen LogP) is 1.57. The number of rotatable bonds is 6. The molecule has 0 fully saturated rings. The Morgan fingerprint density at radius 1 is 1.67 bits per heavy atom. The molecular weight excluding hydrogens is 254 g/mol. The number of carboxylic acids is 1. The van der Waals surface area contributed by atoms with Crippen LogP contribution in [0.1, 0.15) is 17.4 Å². The molecule has 2 aromatic rings. The van der Waals surface area contributed by atoms with E-state index in [9.17, 15) is 9.90 Å². The third kappa shape index (κ3) is 2.32. The van der Waals surface area contributed by atoms with Crippen molar-refractivity contribution in [1.82, 2.24) is 9.38 Å². The molecule has 0 bridgehead atoms. The van der Waals surface area contributed by atoms with Crippen molar-refractivity contribution in [3.8, 4) is 0 Å². The van der Waals surface area contributed by atoms with Crippen molar-refractivity contribution < 1.29 is 14.6 Å². The monoisotopic (exact) mass is 269 g/mol. The van der Waals surface area contributed by atoms with Crippen molar-refractivity contribution in [3.63, 3.8) is 0 Å². The summed E-state index contributed by atoms with van der Waals surface area (Å²) in [4.78, 5) is 18.1. The van der Waals surface area contributed by atoms with Crippen LogP contribution in [0.5, 0.6) is 0 Å². The molecule has 0 atom stereocenters. The summed E-state index contributed by atoms with van der Waals surface area (Å²) in [6, 6.07) is 0. The second-order valence-corrected chi connectivity index (χ2v) is 4.64. The quantitative estimate of drug-likeness (QED) is 0.806. The minimum Gasteiger partial charge on any atom is -0.476 e. The van der Waals surface area contributed by atoms with Crippen molar-refractivity contribution in [2.45, 2.75) is 6.92 Å². The van der Waals surface area contributed by atoms with Crippen LogP contribution in [-0.4, -0.2) is 47.3 Å². The van der Waals surface area contributed by atoms with E-state index in [0.29, 0.717) is 30.5 Å². The van der Waals surface area contributed by atoms with Gasteiger partial charge in [0.1, 0.15) is 0 Å². The summed E-state index contributed by atoms with van der Waals surface area (Å²) >= 11 is 1.42. The Labute approximate surface area is 108 Å². The van der Waals surface area contributed by atoms with Crippen LogP contribution in [0.15, 0.2) is 11.6 Å². The van der Waals surface area contributed by atoms with E-state index in [-0.39, 0.29) is 5.69 Å². The maximum absolute atomic E-state index is 11.3. The summed E-state index contributed by atoms with van der Waals surface area (Å²) < 4.78 is 6.86.